The van der Waals surface area contributed by atoms with Gasteiger partial charge in [-0.25, -0.2) is 0 Å². The predicted molar refractivity (Wildman–Crippen MR) is 119 cm³/mol. The van der Waals surface area contributed by atoms with E-state index in [1.54, 1.807) is 29.4 Å². The summed E-state index contributed by atoms with van der Waals surface area (Å²) in [5.41, 5.74) is 3.03. The van der Waals surface area contributed by atoms with Crippen molar-refractivity contribution in [3.05, 3.63) is 95.8 Å². The molecule has 2 aromatic carbocycles. The fraction of sp³-hybridized carbons (Fsp3) is 0.240. The molecule has 5 heteroatoms. The first kappa shape index (κ1) is 21.2. The SMILES string of the molecule is CCCCC(=O)Nc1ccccc1C(=O)N(Cc1ccccc1)Cc1cccnc1. The highest BCUT2D eigenvalue weighted by Gasteiger charge is 2.20. The second-order valence-electron chi connectivity index (χ2n) is 7.21. The molecular formula is C25H27N3O2. The maximum Gasteiger partial charge on any atom is 0.256 e. The maximum absolute atomic E-state index is 13.5. The van der Waals surface area contributed by atoms with Gasteiger partial charge in [-0.15, -0.1) is 0 Å². The van der Waals surface area contributed by atoms with Crippen molar-refractivity contribution in [1.29, 1.82) is 0 Å². The normalized spacial score (nSPS) is 10.4. The Hall–Kier alpha value is -3.47. The molecular weight excluding hydrogens is 374 g/mol. The van der Waals surface area contributed by atoms with Gasteiger partial charge in [0.25, 0.3) is 5.91 Å². The highest BCUT2D eigenvalue weighted by molar-refractivity contribution is 6.03. The molecule has 0 saturated heterocycles. The smallest absolute Gasteiger partial charge is 0.256 e. The lowest BCUT2D eigenvalue weighted by atomic mass is 10.1. The molecule has 0 atom stereocenters. The average molecular weight is 402 g/mol. The van der Waals surface area contributed by atoms with Gasteiger partial charge in [0.15, 0.2) is 0 Å². The van der Waals surface area contributed by atoms with Crippen LogP contribution in [0.3, 0.4) is 0 Å². The molecule has 1 heterocycles. The molecule has 0 spiro atoms. The molecule has 1 N–H and O–H groups in total. The molecule has 0 saturated carbocycles. The number of carbonyl (C=O) groups is 2. The summed E-state index contributed by atoms with van der Waals surface area (Å²) >= 11 is 0. The number of carbonyl (C=O) groups excluding carboxylic acids is 2. The zero-order valence-corrected chi connectivity index (χ0v) is 17.3. The zero-order chi connectivity index (χ0) is 21.2. The Balaban J connectivity index is 1.86. The van der Waals surface area contributed by atoms with Crippen LogP contribution in [-0.2, 0) is 17.9 Å². The number of hydrogen-bond acceptors (Lipinski definition) is 3. The highest BCUT2D eigenvalue weighted by atomic mass is 16.2. The quantitative estimate of drug-likeness (QED) is 0.546. The second-order valence-corrected chi connectivity index (χ2v) is 7.21. The monoisotopic (exact) mass is 401 g/mol. The number of para-hydroxylation sites is 1. The minimum atomic E-state index is -0.130. The summed E-state index contributed by atoms with van der Waals surface area (Å²) in [5.74, 6) is -0.201. The standard InChI is InChI=1S/C25H27N3O2/c1-2-3-15-24(29)27-23-14-8-7-13-22(23)25(30)28(18-20-10-5-4-6-11-20)19-21-12-9-16-26-17-21/h4-14,16-17H,2-3,15,18-19H2,1H3,(H,27,29). The maximum atomic E-state index is 13.5. The van der Waals surface area contributed by atoms with E-state index in [2.05, 4.69) is 10.3 Å². The molecule has 154 valence electrons. The van der Waals surface area contributed by atoms with Crippen LogP contribution in [0.1, 0.15) is 47.7 Å². The van der Waals surface area contributed by atoms with Crippen LogP contribution in [0.15, 0.2) is 79.1 Å². The van der Waals surface area contributed by atoms with Gasteiger partial charge in [0.2, 0.25) is 5.91 Å². The zero-order valence-electron chi connectivity index (χ0n) is 17.3. The van der Waals surface area contributed by atoms with Crippen molar-refractivity contribution in [2.24, 2.45) is 0 Å². The Labute approximate surface area is 177 Å². The number of amides is 2. The van der Waals surface area contributed by atoms with Gasteiger partial charge in [0.05, 0.1) is 11.3 Å². The van der Waals surface area contributed by atoms with Crippen LogP contribution in [-0.4, -0.2) is 21.7 Å². The van der Waals surface area contributed by atoms with Crippen LogP contribution in [0.2, 0.25) is 0 Å². The highest BCUT2D eigenvalue weighted by Crippen LogP contribution is 2.21. The number of anilines is 1. The van der Waals surface area contributed by atoms with E-state index in [1.165, 1.54) is 0 Å². The summed E-state index contributed by atoms with van der Waals surface area (Å²) in [5, 5.41) is 2.91. The van der Waals surface area contributed by atoms with Crippen LogP contribution in [0.5, 0.6) is 0 Å². The van der Waals surface area contributed by atoms with Crippen molar-refractivity contribution in [3.63, 3.8) is 0 Å². The molecule has 2 amide bonds. The third-order valence-corrected chi connectivity index (χ3v) is 4.79. The largest absolute Gasteiger partial charge is 0.330 e. The Bertz CT molecular complexity index is 917. The third kappa shape index (κ3) is 6.01. The molecule has 0 radical (unpaired) electrons. The minimum Gasteiger partial charge on any atom is -0.330 e. The number of aromatic nitrogens is 1. The van der Waals surface area contributed by atoms with E-state index in [1.807, 2.05) is 61.5 Å². The molecule has 0 aliphatic heterocycles. The molecule has 5 nitrogen and oxygen atoms in total. The van der Waals surface area contributed by atoms with Gasteiger partial charge in [-0.3, -0.25) is 14.6 Å². The molecule has 0 fully saturated rings. The van der Waals surface area contributed by atoms with Gasteiger partial charge in [-0.2, -0.15) is 0 Å². The summed E-state index contributed by atoms with van der Waals surface area (Å²) in [6, 6.07) is 20.9. The Morgan fingerprint density at radius 1 is 0.900 bits per heavy atom. The van der Waals surface area contributed by atoms with E-state index in [0.717, 1.165) is 24.0 Å². The Morgan fingerprint density at radius 3 is 2.33 bits per heavy atom. The van der Waals surface area contributed by atoms with Gasteiger partial charge >= 0.3 is 0 Å². The topological polar surface area (TPSA) is 62.3 Å². The number of benzene rings is 2. The van der Waals surface area contributed by atoms with Crippen LogP contribution < -0.4 is 5.32 Å². The fourth-order valence-corrected chi connectivity index (χ4v) is 3.21. The number of pyridine rings is 1. The number of rotatable bonds is 9. The number of hydrogen-bond donors (Lipinski definition) is 1. The summed E-state index contributed by atoms with van der Waals surface area (Å²) in [7, 11) is 0. The molecule has 0 unspecified atom stereocenters. The van der Waals surface area contributed by atoms with Crippen molar-refractivity contribution < 1.29 is 9.59 Å². The Kier molecular flexibility index (Phi) is 7.72. The van der Waals surface area contributed by atoms with Gasteiger partial charge in [-0.1, -0.05) is 61.9 Å². The van der Waals surface area contributed by atoms with Crippen LogP contribution in [0.4, 0.5) is 5.69 Å². The summed E-state index contributed by atoms with van der Waals surface area (Å²) in [6.07, 6.45) is 5.70. The van der Waals surface area contributed by atoms with E-state index in [4.69, 9.17) is 0 Å². The van der Waals surface area contributed by atoms with E-state index < -0.39 is 0 Å². The molecule has 0 aliphatic rings. The van der Waals surface area contributed by atoms with Crippen LogP contribution >= 0.6 is 0 Å². The van der Waals surface area contributed by atoms with E-state index in [0.29, 0.717) is 30.8 Å². The van der Waals surface area contributed by atoms with Crippen molar-refractivity contribution >= 4 is 17.5 Å². The lowest BCUT2D eigenvalue weighted by molar-refractivity contribution is -0.116. The molecule has 0 aliphatic carbocycles. The first-order valence-corrected chi connectivity index (χ1v) is 10.3. The average Bonchev–Trinajstić information content (AvgIpc) is 2.78. The van der Waals surface area contributed by atoms with E-state index in [-0.39, 0.29) is 11.8 Å². The first-order chi connectivity index (χ1) is 14.7. The first-order valence-electron chi connectivity index (χ1n) is 10.3. The van der Waals surface area contributed by atoms with Gasteiger partial charge in [0, 0.05) is 31.9 Å². The molecule has 30 heavy (non-hydrogen) atoms. The van der Waals surface area contributed by atoms with Crippen LogP contribution in [0, 0.1) is 0 Å². The van der Waals surface area contributed by atoms with E-state index in [9.17, 15) is 9.59 Å². The van der Waals surface area contributed by atoms with Gasteiger partial charge in [0.1, 0.15) is 0 Å². The lowest BCUT2D eigenvalue weighted by Crippen LogP contribution is -2.31. The lowest BCUT2D eigenvalue weighted by Gasteiger charge is -2.24. The molecule has 0 bridgehead atoms. The van der Waals surface area contributed by atoms with Crippen LogP contribution in [0.25, 0.3) is 0 Å². The predicted octanol–water partition coefficient (Wildman–Crippen LogP) is 5.05. The van der Waals surface area contributed by atoms with Crippen molar-refractivity contribution in [2.75, 3.05) is 5.32 Å². The molecule has 3 aromatic rings. The molecule has 3 rings (SSSR count). The Morgan fingerprint density at radius 2 is 1.60 bits per heavy atom. The summed E-state index contributed by atoms with van der Waals surface area (Å²) in [4.78, 5) is 31.7. The van der Waals surface area contributed by atoms with Crippen molar-refractivity contribution in [2.45, 2.75) is 39.3 Å². The number of unbranched alkanes of at least 4 members (excludes halogenated alkanes) is 1. The second kappa shape index (κ2) is 10.9. The number of nitrogens with zero attached hydrogens (tertiary/aromatic N) is 2. The third-order valence-electron chi connectivity index (χ3n) is 4.79. The summed E-state index contributed by atoms with van der Waals surface area (Å²) < 4.78 is 0. The molecule has 1 aromatic heterocycles. The van der Waals surface area contributed by atoms with Crippen molar-refractivity contribution in [1.82, 2.24) is 9.88 Å². The number of nitrogens with one attached hydrogen (secondary N) is 1. The van der Waals surface area contributed by atoms with Gasteiger partial charge < -0.3 is 10.2 Å². The van der Waals surface area contributed by atoms with Gasteiger partial charge in [-0.05, 0) is 35.7 Å². The minimum absolute atomic E-state index is 0.0704. The summed E-state index contributed by atoms with van der Waals surface area (Å²) in [6.45, 7) is 2.94. The fourth-order valence-electron chi connectivity index (χ4n) is 3.21. The van der Waals surface area contributed by atoms with E-state index >= 15 is 0 Å². The van der Waals surface area contributed by atoms with Crippen molar-refractivity contribution in [3.8, 4) is 0 Å².